The summed E-state index contributed by atoms with van der Waals surface area (Å²) in [5, 5.41) is 0.874. The smallest absolute Gasteiger partial charge is 0.399 e. The third kappa shape index (κ3) is 6.93. The first-order valence-corrected chi connectivity index (χ1v) is 17.3. The SMILES string of the molecule is C[C@@H]1COCCN1c1nc(N2CCOC[C@@H]2C)c2ccc(-c3cccc(C(=O)NOCc4ccc(B5OC(C)(C)C(C)(C)O5)cc4)c3)nc2n1. The van der Waals surface area contributed by atoms with E-state index in [9.17, 15) is 4.79 Å². The minimum atomic E-state index is -0.433. The van der Waals surface area contributed by atoms with Crippen LogP contribution in [0, 0.1) is 0 Å². The number of anilines is 2. The predicted molar refractivity (Wildman–Crippen MR) is 192 cm³/mol. The van der Waals surface area contributed by atoms with Crippen molar-refractivity contribution in [2.45, 2.75) is 71.4 Å². The zero-order valence-corrected chi connectivity index (χ0v) is 29.6. The van der Waals surface area contributed by atoms with Gasteiger partial charge in [-0.2, -0.15) is 9.97 Å². The molecule has 1 N–H and O–H groups in total. The van der Waals surface area contributed by atoms with Gasteiger partial charge in [-0.1, -0.05) is 36.4 Å². The molecule has 3 fully saturated rings. The molecular formula is C37H45BN6O6. The number of benzene rings is 2. The van der Waals surface area contributed by atoms with Gasteiger partial charge in [-0.15, -0.1) is 0 Å². The first-order valence-electron chi connectivity index (χ1n) is 17.3. The monoisotopic (exact) mass is 680 g/mol. The Labute approximate surface area is 293 Å². The molecule has 0 radical (unpaired) electrons. The summed E-state index contributed by atoms with van der Waals surface area (Å²) in [7, 11) is -0.433. The van der Waals surface area contributed by atoms with E-state index in [2.05, 4.69) is 29.1 Å². The summed E-state index contributed by atoms with van der Waals surface area (Å²) in [6, 6.07) is 19.4. The fourth-order valence-electron chi connectivity index (χ4n) is 6.37. The van der Waals surface area contributed by atoms with Gasteiger partial charge in [-0.05, 0) is 76.8 Å². The van der Waals surface area contributed by atoms with Crippen LogP contribution in [-0.2, 0) is 30.2 Å². The van der Waals surface area contributed by atoms with E-state index < -0.39 is 18.3 Å². The van der Waals surface area contributed by atoms with Crippen LogP contribution in [0.25, 0.3) is 22.3 Å². The summed E-state index contributed by atoms with van der Waals surface area (Å²) in [5.41, 5.74) is 6.15. The minimum absolute atomic E-state index is 0.137. The molecule has 5 heterocycles. The van der Waals surface area contributed by atoms with Crippen molar-refractivity contribution in [3.63, 3.8) is 0 Å². The molecule has 2 aromatic heterocycles. The van der Waals surface area contributed by atoms with Gasteiger partial charge in [0, 0.05) is 24.2 Å². The molecule has 0 saturated carbocycles. The van der Waals surface area contributed by atoms with Crippen LogP contribution in [0.15, 0.2) is 60.7 Å². The molecule has 0 aliphatic carbocycles. The van der Waals surface area contributed by atoms with Crippen LogP contribution >= 0.6 is 0 Å². The Bertz CT molecular complexity index is 1840. The Hall–Kier alpha value is -4.14. The molecule has 3 saturated heterocycles. The van der Waals surface area contributed by atoms with Crippen LogP contribution < -0.4 is 20.7 Å². The second-order valence-corrected chi connectivity index (χ2v) is 14.3. The highest BCUT2D eigenvalue weighted by atomic mass is 16.7. The Morgan fingerprint density at radius 3 is 2.24 bits per heavy atom. The number of nitrogens with zero attached hydrogens (tertiary/aromatic N) is 5. The summed E-state index contributed by atoms with van der Waals surface area (Å²) < 4.78 is 23.7. The number of nitrogens with one attached hydrogen (secondary N) is 1. The lowest BCUT2D eigenvalue weighted by atomic mass is 9.79. The quantitative estimate of drug-likeness (QED) is 0.212. The number of pyridine rings is 1. The molecule has 0 bridgehead atoms. The first-order chi connectivity index (χ1) is 24.0. The molecule has 7 rings (SSSR count). The number of ether oxygens (including phenoxy) is 2. The average molecular weight is 681 g/mol. The van der Waals surface area contributed by atoms with Crippen molar-refractivity contribution in [3.8, 4) is 11.3 Å². The van der Waals surface area contributed by atoms with Crippen LogP contribution in [0.3, 0.4) is 0 Å². The van der Waals surface area contributed by atoms with E-state index in [0.717, 1.165) is 34.3 Å². The highest BCUT2D eigenvalue weighted by Gasteiger charge is 2.51. The van der Waals surface area contributed by atoms with Gasteiger partial charge in [0.2, 0.25) is 5.95 Å². The third-order valence-corrected chi connectivity index (χ3v) is 10.1. The lowest BCUT2D eigenvalue weighted by Gasteiger charge is -2.37. The van der Waals surface area contributed by atoms with Gasteiger partial charge < -0.3 is 28.6 Å². The van der Waals surface area contributed by atoms with Crippen molar-refractivity contribution in [2.75, 3.05) is 49.3 Å². The molecular weight excluding hydrogens is 635 g/mol. The second-order valence-electron chi connectivity index (χ2n) is 14.3. The number of morpholine rings is 2. The average Bonchev–Trinajstić information content (AvgIpc) is 3.34. The van der Waals surface area contributed by atoms with Crippen molar-refractivity contribution in [3.05, 3.63) is 71.8 Å². The Morgan fingerprint density at radius 2 is 1.56 bits per heavy atom. The highest BCUT2D eigenvalue weighted by molar-refractivity contribution is 6.62. The topological polar surface area (TPSA) is 120 Å². The number of carbonyl (C=O) groups is 1. The van der Waals surface area contributed by atoms with Gasteiger partial charge in [0.05, 0.1) is 67.4 Å². The lowest BCUT2D eigenvalue weighted by Crippen LogP contribution is -2.46. The van der Waals surface area contributed by atoms with Crippen LogP contribution in [0.4, 0.5) is 11.8 Å². The maximum Gasteiger partial charge on any atom is 0.494 e. The van der Waals surface area contributed by atoms with E-state index in [0.29, 0.717) is 55.8 Å². The van der Waals surface area contributed by atoms with E-state index in [-0.39, 0.29) is 24.6 Å². The van der Waals surface area contributed by atoms with E-state index in [1.54, 1.807) is 6.07 Å². The minimum Gasteiger partial charge on any atom is -0.399 e. The maximum atomic E-state index is 13.1. The molecule has 12 nitrogen and oxygen atoms in total. The van der Waals surface area contributed by atoms with Gasteiger partial charge in [0.15, 0.2) is 5.65 Å². The lowest BCUT2D eigenvalue weighted by molar-refractivity contribution is 0.00578. The number of aromatic nitrogens is 3. The Kier molecular flexibility index (Phi) is 9.53. The van der Waals surface area contributed by atoms with Crippen LogP contribution in [0.2, 0.25) is 0 Å². The van der Waals surface area contributed by atoms with Gasteiger partial charge in [0.25, 0.3) is 5.91 Å². The number of hydrogen-bond donors (Lipinski definition) is 1. The van der Waals surface area contributed by atoms with E-state index >= 15 is 0 Å². The van der Waals surface area contributed by atoms with Crippen molar-refractivity contribution >= 4 is 41.3 Å². The summed E-state index contributed by atoms with van der Waals surface area (Å²) in [5.74, 6) is 1.14. The number of hydroxylamine groups is 1. The normalized spacial score (nSPS) is 21.8. The van der Waals surface area contributed by atoms with Crippen molar-refractivity contribution in [2.24, 2.45) is 0 Å². The maximum absolute atomic E-state index is 13.1. The van der Waals surface area contributed by atoms with E-state index in [1.165, 1.54) is 0 Å². The second kappa shape index (κ2) is 13.9. The standard InChI is InChI=1S/C37H45BN6O6/c1-24-21-46-18-16-43(24)33-30-14-15-31(39-32(30)40-35(41-33)44-17-19-47-22-25(44)2)27-8-7-9-28(20-27)34(45)42-48-23-26-10-12-29(13-11-26)38-49-36(3,4)37(5,6)50-38/h7-15,20,24-25H,16-19,21-23H2,1-6H3,(H,42,45)/t24-,25+/m0/s1. The first kappa shape index (κ1) is 34.3. The molecule has 1 amide bonds. The summed E-state index contributed by atoms with van der Waals surface area (Å²) in [4.78, 5) is 38.3. The molecule has 2 aromatic carbocycles. The molecule has 262 valence electrons. The molecule has 3 aliphatic heterocycles. The van der Waals surface area contributed by atoms with E-state index in [4.69, 9.17) is 38.6 Å². The molecule has 0 spiro atoms. The fourth-order valence-corrected chi connectivity index (χ4v) is 6.37. The fraction of sp³-hybridized carbons (Fsp3) is 0.459. The van der Waals surface area contributed by atoms with Gasteiger partial charge in [0.1, 0.15) is 5.82 Å². The highest BCUT2D eigenvalue weighted by Crippen LogP contribution is 2.36. The van der Waals surface area contributed by atoms with Crippen molar-refractivity contribution < 1.29 is 28.4 Å². The van der Waals surface area contributed by atoms with E-state index in [1.807, 2.05) is 82.3 Å². The van der Waals surface area contributed by atoms with Gasteiger partial charge in [-0.3, -0.25) is 9.63 Å². The molecule has 4 aromatic rings. The Balaban J connectivity index is 1.06. The van der Waals surface area contributed by atoms with Crippen LogP contribution in [0.5, 0.6) is 0 Å². The molecule has 0 unspecified atom stereocenters. The van der Waals surface area contributed by atoms with Crippen LogP contribution in [-0.4, -0.2) is 90.8 Å². The number of hydrogen-bond acceptors (Lipinski definition) is 11. The largest absolute Gasteiger partial charge is 0.494 e. The number of carbonyl (C=O) groups excluding carboxylic acids is 1. The third-order valence-electron chi connectivity index (χ3n) is 10.1. The van der Waals surface area contributed by atoms with Crippen LogP contribution in [0.1, 0.15) is 57.5 Å². The molecule has 13 heteroatoms. The zero-order valence-electron chi connectivity index (χ0n) is 29.6. The molecule has 2 atom stereocenters. The van der Waals surface area contributed by atoms with Gasteiger partial charge in [-0.25, -0.2) is 10.5 Å². The molecule has 50 heavy (non-hydrogen) atoms. The summed E-state index contributed by atoms with van der Waals surface area (Å²) in [6.45, 7) is 16.5. The predicted octanol–water partition coefficient (Wildman–Crippen LogP) is 4.30. The molecule has 3 aliphatic rings. The summed E-state index contributed by atoms with van der Waals surface area (Å²) >= 11 is 0. The Morgan fingerprint density at radius 1 is 0.880 bits per heavy atom. The number of rotatable bonds is 8. The van der Waals surface area contributed by atoms with Crippen molar-refractivity contribution in [1.82, 2.24) is 20.4 Å². The number of amides is 1. The summed E-state index contributed by atoms with van der Waals surface area (Å²) in [6.07, 6.45) is 0. The van der Waals surface area contributed by atoms with Gasteiger partial charge >= 0.3 is 7.12 Å². The zero-order chi connectivity index (χ0) is 35.0. The number of fused-ring (bicyclic) bond motifs is 1. The van der Waals surface area contributed by atoms with Crippen molar-refractivity contribution in [1.29, 1.82) is 0 Å².